The van der Waals surface area contributed by atoms with Gasteiger partial charge in [0.25, 0.3) is 0 Å². The molecule has 0 spiro atoms. The van der Waals surface area contributed by atoms with Gasteiger partial charge in [0.1, 0.15) is 5.76 Å². The first-order valence-electron chi connectivity index (χ1n) is 6.40. The van der Waals surface area contributed by atoms with E-state index in [9.17, 15) is 14.4 Å². The molecule has 1 N–H and O–H groups in total. The largest absolute Gasteiger partial charge is 0.475 e. The van der Waals surface area contributed by atoms with Gasteiger partial charge in [0.15, 0.2) is 0 Å². The van der Waals surface area contributed by atoms with Gasteiger partial charge in [0, 0.05) is 0 Å². The molecule has 0 saturated carbocycles. The average molecular weight is 275 g/mol. The topological polar surface area (TPSA) is 87.8 Å². The zero-order chi connectivity index (χ0) is 14.3. The molecule has 0 radical (unpaired) electrons. The zero-order valence-electron chi connectivity index (χ0n) is 10.6. The lowest BCUT2D eigenvalue weighted by Gasteiger charge is -2.14. The van der Waals surface area contributed by atoms with Crippen LogP contribution in [0.4, 0.5) is 0 Å². The zero-order valence-corrected chi connectivity index (χ0v) is 10.6. The molecule has 2 amide bonds. The Hall–Kier alpha value is -2.37. The van der Waals surface area contributed by atoms with E-state index in [0.29, 0.717) is 18.6 Å². The van der Waals surface area contributed by atoms with Crippen LogP contribution >= 0.6 is 0 Å². The monoisotopic (exact) mass is 275 g/mol. The van der Waals surface area contributed by atoms with Crippen LogP contribution in [0.25, 0.3) is 0 Å². The van der Waals surface area contributed by atoms with Crippen LogP contribution in [0.2, 0.25) is 0 Å². The Bertz CT molecular complexity index is 589. The smallest absolute Gasteiger partial charge is 0.371 e. The van der Waals surface area contributed by atoms with Crippen molar-refractivity contribution in [3.63, 3.8) is 0 Å². The number of nitrogens with zero attached hydrogens (tertiary/aromatic N) is 1. The van der Waals surface area contributed by atoms with Gasteiger partial charge >= 0.3 is 5.97 Å². The highest BCUT2D eigenvalue weighted by Gasteiger charge is 2.47. The van der Waals surface area contributed by atoms with Crippen LogP contribution in [-0.2, 0) is 16.1 Å². The van der Waals surface area contributed by atoms with Gasteiger partial charge in [-0.05, 0) is 25.0 Å². The number of carbonyl (C=O) groups is 3. The van der Waals surface area contributed by atoms with Gasteiger partial charge in [-0.15, -0.1) is 0 Å². The molecule has 3 rings (SSSR count). The van der Waals surface area contributed by atoms with Crippen molar-refractivity contribution in [1.82, 2.24) is 4.90 Å². The van der Waals surface area contributed by atoms with E-state index in [1.807, 2.05) is 12.2 Å². The number of fused-ring (bicyclic) bond motifs is 1. The van der Waals surface area contributed by atoms with Crippen molar-refractivity contribution < 1.29 is 23.9 Å². The fourth-order valence-electron chi connectivity index (χ4n) is 2.76. The van der Waals surface area contributed by atoms with Crippen molar-refractivity contribution in [3.8, 4) is 0 Å². The van der Waals surface area contributed by atoms with Crippen molar-refractivity contribution >= 4 is 17.8 Å². The predicted octanol–water partition coefficient (Wildman–Crippen LogP) is 1.43. The van der Waals surface area contributed by atoms with Crippen LogP contribution in [0.3, 0.4) is 0 Å². The van der Waals surface area contributed by atoms with Gasteiger partial charge in [0.05, 0.1) is 18.4 Å². The van der Waals surface area contributed by atoms with E-state index in [1.165, 1.54) is 17.0 Å². The van der Waals surface area contributed by atoms with Crippen molar-refractivity contribution in [2.75, 3.05) is 0 Å². The van der Waals surface area contributed by atoms with E-state index in [-0.39, 0.29) is 36.0 Å². The lowest BCUT2D eigenvalue weighted by atomic mass is 9.85. The predicted molar refractivity (Wildman–Crippen MR) is 66.6 cm³/mol. The Morgan fingerprint density at radius 2 is 1.80 bits per heavy atom. The standard InChI is InChI=1S/C14H13NO5/c16-12-9-3-1-2-4-10(9)13(17)15(12)7-8-5-6-11(20-8)14(18)19/h1-2,5-6,9-10H,3-4,7H2,(H,18,19). The SMILES string of the molecule is O=C(O)c1ccc(CN2C(=O)C3CC=CCC3C2=O)o1. The first-order valence-corrected chi connectivity index (χ1v) is 6.40. The maximum atomic E-state index is 12.2. The van der Waals surface area contributed by atoms with Crippen molar-refractivity contribution in [2.45, 2.75) is 19.4 Å². The molecule has 2 atom stereocenters. The lowest BCUT2D eigenvalue weighted by Crippen LogP contribution is -2.30. The fraction of sp³-hybridized carbons (Fsp3) is 0.357. The summed E-state index contributed by atoms with van der Waals surface area (Å²) in [5.74, 6) is -2.01. The first-order chi connectivity index (χ1) is 9.58. The van der Waals surface area contributed by atoms with Gasteiger partial charge < -0.3 is 9.52 Å². The van der Waals surface area contributed by atoms with Crippen LogP contribution < -0.4 is 0 Å². The molecule has 6 nitrogen and oxygen atoms in total. The molecule has 1 aliphatic heterocycles. The minimum Gasteiger partial charge on any atom is -0.475 e. The average Bonchev–Trinajstić information content (AvgIpc) is 3.00. The fourth-order valence-corrected chi connectivity index (χ4v) is 2.76. The Kier molecular flexibility index (Phi) is 2.93. The number of allylic oxidation sites excluding steroid dienone is 2. The number of furan rings is 1. The van der Waals surface area contributed by atoms with Gasteiger partial charge in [-0.1, -0.05) is 12.2 Å². The van der Waals surface area contributed by atoms with E-state index in [2.05, 4.69) is 0 Å². The molecule has 2 unspecified atom stereocenters. The second kappa shape index (κ2) is 4.63. The lowest BCUT2D eigenvalue weighted by molar-refractivity contribution is -0.140. The van der Waals surface area contributed by atoms with Gasteiger partial charge in [0.2, 0.25) is 17.6 Å². The molecule has 2 heterocycles. The molecule has 1 aromatic rings. The van der Waals surface area contributed by atoms with Crippen LogP contribution in [0.15, 0.2) is 28.7 Å². The summed E-state index contributed by atoms with van der Waals surface area (Å²) in [6.45, 7) is -0.00204. The van der Waals surface area contributed by atoms with Gasteiger partial charge in [-0.3, -0.25) is 14.5 Å². The second-order valence-electron chi connectivity index (χ2n) is 4.99. The van der Waals surface area contributed by atoms with Gasteiger partial charge in [-0.2, -0.15) is 0 Å². The normalized spacial score (nSPS) is 25.1. The summed E-state index contributed by atoms with van der Waals surface area (Å²) in [7, 11) is 0. The number of carbonyl (C=O) groups excluding carboxylic acids is 2. The quantitative estimate of drug-likeness (QED) is 0.666. The Balaban J connectivity index is 1.79. The first kappa shape index (κ1) is 12.7. The highest BCUT2D eigenvalue weighted by atomic mass is 16.4. The number of aromatic carboxylic acids is 1. The number of rotatable bonds is 3. The molecule has 104 valence electrons. The summed E-state index contributed by atoms with van der Waals surface area (Å²) in [5, 5.41) is 8.78. The molecule has 2 aliphatic rings. The highest BCUT2D eigenvalue weighted by molar-refractivity contribution is 6.05. The van der Waals surface area contributed by atoms with E-state index in [1.54, 1.807) is 0 Å². The van der Waals surface area contributed by atoms with E-state index >= 15 is 0 Å². The number of hydrogen-bond donors (Lipinski definition) is 1. The summed E-state index contributed by atoms with van der Waals surface area (Å²) in [5.41, 5.74) is 0. The number of hydrogen-bond acceptors (Lipinski definition) is 4. The van der Waals surface area contributed by atoms with Gasteiger partial charge in [-0.25, -0.2) is 4.79 Å². The van der Waals surface area contributed by atoms with E-state index < -0.39 is 5.97 Å². The molecule has 1 saturated heterocycles. The van der Waals surface area contributed by atoms with Crippen molar-refractivity contribution in [2.24, 2.45) is 11.8 Å². The Morgan fingerprint density at radius 3 is 2.30 bits per heavy atom. The highest BCUT2D eigenvalue weighted by Crippen LogP contribution is 2.35. The second-order valence-corrected chi connectivity index (χ2v) is 4.99. The molecule has 20 heavy (non-hydrogen) atoms. The Morgan fingerprint density at radius 1 is 1.20 bits per heavy atom. The number of likely N-dealkylation sites (tertiary alicyclic amines) is 1. The van der Waals surface area contributed by atoms with Crippen LogP contribution in [0.5, 0.6) is 0 Å². The van der Waals surface area contributed by atoms with Crippen LogP contribution in [0.1, 0.15) is 29.2 Å². The summed E-state index contributed by atoms with van der Waals surface area (Å²) < 4.78 is 5.10. The van der Waals surface area contributed by atoms with Crippen molar-refractivity contribution in [3.05, 3.63) is 35.8 Å². The molecule has 1 fully saturated rings. The summed E-state index contributed by atoms with van der Waals surface area (Å²) in [6, 6.07) is 2.79. The molecule has 1 aliphatic carbocycles. The van der Waals surface area contributed by atoms with Crippen LogP contribution in [-0.4, -0.2) is 27.8 Å². The number of carboxylic acids is 1. The summed E-state index contributed by atoms with van der Waals surface area (Å²) in [4.78, 5) is 36.3. The minimum absolute atomic E-state index is 0.00204. The Labute approximate surface area is 114 Å². The molecule has 0 bridgehead atoms. The molecule has 1 aromatic heterocycles. The molecule has 0 aromatic carbocycles. The third kappa shape index (κ3) is 1.93. The molecular weight excluding hydrogens is 262 g/mol. The number of carboxylic acid groups (broad SMARTS) is 1. The number of amides is 2. The third-order valence-corrected chi connectivity index (χ3v) is 3.79. The minimum atomic E-state index is -1.17. The molecule has 6 heteroatoms. The molecular formula is C14H13NO5. The van der Waals surface area contributed by atoms with E-state index in [0.717, 1.165) is 0 Å². The maximum absolute atomic E-state index is 12.2. The summed E-state index contributed by atoms with van der Waals surface area (Å²) >= 11 is 0. The third-order valence-electron chi connectivity index (χ3n) is 3.79. The number of imide groups is 1. The summed E-state index contributed by atoms with van der Waals surface area (Å²) in [6.07, 6.45) is 5.02. The van der Waals surface area contributed by atoms with Crippen LogP contribution in [0, 0.1) is 11.8 Å². The van der Waals surface area contributed by atoms with Crippen molar-refractivity contribution in [1.29, 1.82) is 0 Å². The maximum Gasteiger partial charge on any atom is 0.371 e. The van der Waals surface area contributed by atoms with E-state index in [4.69, 9.17) is 9.52 Å².